The lowest BCUT2D eigenvalue weighted by molar-refractivity contribution is 0.996. The number of rotatable bonds is 4. The Kier molecular flexibility index (Phi) is 7.02. The molecule has 106 valence electrons. The van der Waals surface area contributed by atoms with Crippen molar-refractivity contribution in [1.29, 1.82) is 0 Å². The topological polar surface area (TPSA) is 45.8 Å². The molecule has 3 heteroatoms. The van der Waals surface area contributed by atoms with Crippen molar-refractivity contribution in [2.24, 2.45) is 0 Å². The standard InChI is InChI=1S/C16H16N2O.C2H2/c1-2-3-4-8-11-14-12-15(18-16(19)17-14)13-9-6-5-7-10-13;1-2/h2-10,12H,11H2,1H3,(H,17,18,19);1-2H/b3-2-,8-4-;. The lowest BCUT2D eigenvalue weighted by Crippen LogP contribution is -2.13. The maximum absolute atomic E-state index is 11.6. The number of allylic oxidation sites excluding steroid dienone is 4. The molecule has 2 aromatic rings. The first-order chi connectivity index (χ1) is 10.3. The minimum atomic E-state index is -0.309. The van der Waals surface area contributed by atoms with E-state index in [1.54, 1.807) is 0 Å². The largest absolute Gasteiger partial charge is 0.345 e. The molecule has 0 unspecified atom stereocenters. The van der Waals surface area contributed by atoms with Gasteiger partial charge in [-0.1, -0.05) is 54.6 Å². The van der Waals surface area contributed by atoms with E-state index in [0.29, 0.717) is 12.1 Å². The van der Waals surface area contributed by atoms with Crippen LogP contribution in [-0.2, 0) is 6.42 Å². The summed E-state index contributed by atoms with van der Waals surface area (Å²) in [6.45, 7) is 1.96. The Bertz CT molecular complexity index is 679. The maximum atomic E-state index is 11.6. The van der Waals surface area contributed by atoms with Gasteiger partial charge in [-0.25, -0.2) is 4.79 Å². The zero-order valence-electron chi connectivity index (χ0n) is 12.0. The summed E-state index contributed by atoms with van der Waals surface area (Å²) in [6.07, 6.45) is 16.6. The van der Waals surface area contributed by atoms with Crippen molar-refractivity contribution in [3.63, 3.8) is 0 Å². The van der Waals surface area contributed by atoms with Gasteiger partial charge in [0.25, 0.3) is 0 Å². The summed E-state index contributed by atoms with van der Waals surface area (Å²) in [5.74, 6) is 0. The third kappa shape index (κ3) is 5.33. The van der Waals surface area contributed by atoms with Crippen LogP contribution in [0.1, 0.15) is 12.6 Å². The van der Waals surface area contributed by atoms with Crippen molar-refractivity contribution in [1.82, 2.24) is 9.97 Å². The molecule has 1 heterocycles. The molecule has 1 N–H and O–H groups in total. The molecule has 0 radical (unpaired) electrons. The third-order valence-corrected chi connectivity index (χ3v) is 2.65. The first-order valence-corrected chi connectivity index (χ1v) is 6.56. The van der Waals surface area contributed by atoms with E-state index < -0.39 is 0 Å². The smallest absolute Gasteiger partial charge is 0.309 e. The van der Waals surface area contributed by atoms with Crippen LogP contribution < -0.4 is 5.69 Å². The van der Waals surface area contributed by atoms with Gasteiger partial charge in [0.05, 0.1) is 5.69 Å². The zero-order chi connectivity index (χ0) is 15.5. The first kappa shape index (κ1) is 16.2. The van der Waals surface area contributed by atoms with E-state index in [9.17, 15) is 4.79 Å². The van der Waals surface area contributed by atoms with Crippen LogP contribution in [0.3, 0.4) is 0 Å². The van der Waals surface area contributed by atoms with Crippen LogP contribution >= 0.6 is 0 Å². The van der Waals surface area contributed by atoms with Crippen molar-refractivity contribution >= 4 is 0 Å². The average molecular weight is 278 g/mol. The van der Waals surface area contributed by atoms with Gasteiger partial charge < -0.3 is 4.98 Å². The lowest BCUT2D eigenvalue weighted by atomic mass is 10.1. The van der Waals surface area contributed by atoms with Crippen molar-refractivity contribution in [3.05, 3.63) is 76.9 Å². The Morgan fingerprint density at radius 3 is 2.57 bits per heavy atom. The number of hydrogen-bond donors (Lipinski definition) is 1. The fraction of sp³-hybridized carbons (Fsp3) is 0.111. The van der Waals surface area contributed by atoms with E-state index in [0.717, 1.165) is 11.3 Å². The van der Waals surface area contributed by atoms with Gasteiger partial charge in [0, 0.05) is 17.7 Å². The number of H-pyrrole nitrogens is 1. The molecule has 0 saturated carbocycles. The fourth-order valence-corrected chi connectivity index (χ4v) is 1.76. The molecular weight excluding hydrogens is 260 g/mol. The van der Waals surface area contributed by atoms with Gasteiger partial charge in [-0.15, -0.1) is 12.8 Å². The Morgan fingerprint density at radius 2 is 1.90 bits per heavy atom. The van der Waals surface area contributed by atoms with Crippen molar-refractivity contribution in [3.8, 4) is 24.1 Å². The molecular formula is C18H18N2O. The summed E-state index contributed by atoms with van der Waals surface area (Å²) in [7, 11) is 0. The molecule has 3 nitrogen and oxygen atoms in total. The SMILES string of the molecule is C#C.C/C=C\C=C/Cc1cc(-c2ccccc2)nc(=O)[nH]1. The summed E-state index contributed by atoms with van der Waals surface area (Å²) in [6, 6.07) is 11.6. The second-order valence-electron chi connectivity index (χ2n) is 4.12. The number of aromatic nitrogens is 2. The van der Waals surface area contributed by atoms with Crippen molar-refractivity contribution in [2.45, 2.75) is 13.3 Å². The van der Waals surface area contributed by atoms with E-state index in [2.05, 4.69) is 22.8 Å². The van der Waals surface area contributed by atoms with Crippen LogP contribution in [0, 0.1) is 12.8 Å². The lowest BCUT2D eigenvalue weighted by Gasteiger charge is -2.02. The molecule has 21 heavy (non-hydrogen) atoms. The van der Waals surface area contributed by atoms with Gasteiger partial charge in [-0.05, 0) is 13.0 Å². The second kappa shape index (κ2) is 9.11. The van der Waals surface area contributed by atoms with Crippen LogP contribution in [0.5, 0.6) is 0 Å². The molecule has 0 aliphatic carbocycles. The van der Waals surface area contributed by atoms with Gasteiger partial charge >= 0.3 is 5.69 Å². The Balaban J connectivity index is 0.00000106. The monoisotopic (exact) mass is 278 g/mol. The highest BCUT2D eigenvalue weighted by molar-refractivity contribution is 5.58. The summed E-state index contributed by atoms with van der Waals surface area (Å²) >= 11 is 0. The van der Waals surface area contributed by atoms with Crippen LogP contribution in [0.25, 0.3) is 11.3 Å². The highest BCUT2D eigenvalue weighted by Gasteiger charge is 2.02. The molecule has 1 aromatic heterocycles. The zero-order valence-corrected chi connectivity index (χ0v) is 12.0. The molecule has 0 atom stereocenters. The van der Waals surface area contributed by atoms with E-state index in [4.69, 9.17) is 0 Å². The third-order valence-electron chi connectivity index (χ3n) is 2.65. The van der Waals surface area contributed by atoms with Gasteiger partial charge in [0.1, 0.15) is 0 Å². The molecule has 0 aliphatic heterocycles. The molecule has 0 fully saturated rings. The quantitative estimate of drug-likeness (QED) is 0.688. The predicted octanol–water partition coefficient (Wildman–Crippen LogP) is 3.36. The molecule has 0 bridgehead atoms. The van der Waals surface area contributed by atoms with Crippen LogP contribution in [-0.4, -0.2) is 9.97 Å². The normalized spacial score (nSPS) is 10.4. The number of benzene rings is 1. The summed E-state index contributed by atoms with van der Waals surface area (Å²) in [4.78, 5) is 18.3. The predicted molar refractivity (Wildman–Crippen MR) is 87.8 cm³/mol. The van der Waals surface area contributed by atoms with E-state index in [1.807, 2.05) is 67.6 Å². The Morgan fingerprint density at radius 1 is 1.19 bits per heavy atom. The van der Waals surface area contributed by atoms with Gasteiger partial charge in [-0.3, -0.25) is 0 Å². The minimum Gasteiger partial charge on any atom is -0.309 e. The van der Waals surface area contributed by atoms with Gasteiger partial charge in [0.15, 0.2) is 0 Å². The maximum Gasteiger partial charge on any atom is 0.345 e. The number of hydrogen-bond acceptors (Lipinski definition) is 2. The number of nitrogens with one attached hydrogen (secondary N) is 1. The average Bonchev–Trinajstić information content (AvgIpc) is 2.54. The van der Waals surface area contributed by atoms with Crippen LogP contribution in [0.4, 0.5) is 0 Å². The second-order valence-corrected chi connectivity index (χ2v) is 4.12. The van der Waals surface area contributed by atoms with E-state index in [-0.39, 0.29) is 5.69 Å². The van der Waals surface area contributed by atoms with Crippen molar-refractivity contribution in [2.75, 3.05) is 0 Å². The van der Waals surface area contributed by atoms with E-state index in [1.165, 1.54) is 0 Å². The van der Waals surface area contributed by atoms with Crippen LogP contribution in [0.15, 0.2) is 65.5 Å². The molecule has 1 aromatic carbocycles. The van der Waals surface area contributed by atoms with E-state index >= 15 is 0 Å². The first-order valence-electron chi connectivity index (χ1n) is 6.56. The number of terminal acetylenes is 1. The molecule has 2 rings (SSSR count). The van der Waals surface area contributed by atoms with Crippen LogP contribution in [0.2, 0.25) is 0 Å². The molecule has 0 amide bonds. The Hall–Kier alpha value is -2.86. The van der Waals surface area contributed by atoms with Gasteiger partial charge in [0.2, 0.25) is 0 Å². The van der Waals surface area contributed by atoms with Crippen molar-refractivity contribution < 1.29 is 0 Å². The minimum absolute atomic E-state index is 0.309. The highest BCUT2D eigenvalue weighted by Crippen LogP contribution is 2.15. The molecule has 0 spiro atoms. The number of aromatic amines is 1. The Labute approximate surface area is 125 Å². The molecule has 0 aliphatic rings. The number of nitrogens with zero attached hydrogens (tertiary/aromatic N) is 1. The molecule has 0 saturated heterocycles. The summed E-state index contributed by atoms with van der Waals surface area (Å²) < 4.78 is 0. The fourth-order valence-electron chi connectivity index (χ4n) is 1.76. The highest BCUT2D eigenvalue weighted by atomic mass is 16.1. The summed E-state index contributed by atoms with van der Waals surface area (Å²) in [5.41, 5.74) is 2.21. The van der Waals surface area contributed by atoms with Gasteiger partial charge in [-0.2, -0.15) is 4.98 Å². The summed E-state index contributed by atoms with van der Waals surface area (Å²) in [5, 5.41) is 0.